The fourth-order valence-electron chi connectivity index (χ4n) is 2.54. The van der Waals surface area contributed by atoms with Gasteiger partial charge in [-0.05, 0) is 35.7 Å². The van der Waals surface area contributed by atoms with Crippen molar-refractivity contribution >= 4 is 5.91 Å². The standard InChI is InChI=1S/C17H17NO3/c1-11-5-3-4-6-13(11)12-9-14-16(15(10-12)20-2)21-8-7-18-17(14)19/h3-6,9-10H,7-8H2,1-2H3,(H,18,19). The number of hydrogen-bond donors (Lipinski definition) is 1. The summed E-state index contributed by atoms with van der Waals surface area (Å²) in [6, 6.07) is 11.8. The number of amides is 1. The molecule has 1 heterocycles. The number of benzene rings is 2. The van der Waals surface area contributed by atoms with Crippen LogP contribution in [-0.2, 0) is 0 Å². The SMILES string of the molecule is COc1cc(-c2ccccc2C)cc2c1OCCNC2=O. The van der Waals surface area contributed by atoms with E-state index in [4.69, 9.17) is 9.47 Å². The molecular formula is C17H17NO3. The minimum atomic E-state index is -0.128. The molecule has 2 aromatic carbocycles. The lowest BCUT2D eigenvalue weighted by molar-refractivity contribution is 0.0957. The number of rotatable bonds is 2. The van der Waals surface area contributed by atoms with Crippen molar-refractivity contribution in [1.29, 1.82) is 0 Å². The topological polar surface area (TPSA) is 47.6 Å². The highest BCUT2D eigenvalue weighted by Gasteiger charge is 2.22. The van der Waals surface area contributed by atoms with Crippen LogP contribution in [0.25, 0.3) is 11.1 Å². The summed E-state index contributed by atoms with van der Waals surface area (Å²) in [5, 5.41) is 2.83. The first-order valence-corrected chi connectivity index (χ1v) is 6.89. The van der Waals surface area contributed by atoms with E-state index < -0.39 is 0 Å². The van der Waals surface area contributed by atoms with E-state index in [1.54, 1.807) is 7.11 Å². The van der Waals surface area contributed by atoms with Gasteiger partial charge in [0.15, 0.2) is 11.5 Å². The van der Waals surface area contributed by atoms with E-state index in [2.05, 4.69) is 5.32 Å². The van der Waals surface area contributed by atoms with Crippen molar-refractivity contribution in [3.05, 3.63) is 47.5 Å². The van der Waals surface area contributed by atoms with Crippen LogP contribution >= 0.6 is 0 Å². The van der Waals surface area contributed by atoms with Crippen LogP contribution in [0.4, 0.5) is 0 Å². The molecule has 108 valence electrons. The molecular weight excluding hydrogens is 266 g/mol. The van der Waals surface area contributed by atoms with Gasteiger partial charge in [0.1, 0.15) is 6.61 Å². The first-order chi connectivity index (χ1) is 10.2. The Morgan fingerprint density at radius 2 is 2.00 bits per heavy atom. The largest absolute Gasteiger partial charge is 0.493 e. The van der Waals surface area contributed by atoms with Gasteiger partial charge in [-0.3, -0.25) is 4.79 Å². The fourth-order valence-corrected chi connectivity index (χ4v) is 2.54. The zero-order chi connectivity index (χ0) is 14.8. The predicted octanol–water partition coefficient (Wildman–Crippen LogP) is 2.79. The first kappa shape index (κ1) is 13.5. The molecule has 0 radical (unpaired) electrons. The molecule has 0 bridgehead atoms. The van der Waals surface area contributed by atoms with Crippen LogP contribution in [0.5, 0.6) is 11.5 Å². The van der Waals surface area contributed by atoms with Crippen molar-refractivity contribution in [2.45, 2.75) is 6.92 Å². The Bertz CT molecular complexity index is 694. The van der Waals surface area contributed by atoms with Gasteiger partial charge in [0.2, 0.25) is 0 Å². The molecule has 0 spiro atoms. The van der Waals surface area contributed by atoms with E-state index >= 15 is 0 Å². The molecule has 1 amide bonds. The monoisotopic (exact) mass is 283 g/mol. The molecule has 4 heteroatoms. The van der Waals surface area contributed by atoms with Crippen LogP contribution in [0.2, 0.25) is 0 Å². The summed E-state index contributed by atoms with van der Waals surface area (Å²) in [7, 11) is 1.59. The fraction of sp³-hybridized carbons (Fsp3) is 0.235. The summed E-state index contributed by atoms with van der Waals surface area (Å²) in [6.07, 6.45) is 0. The minimum Gasteiger partial charge on any atom is -0.493 e. The molecule has 0 unspecified atom stereocenters. The lowest BCUT2D eigenvalue weighted by Gasteiger charge is -2.14. The van der Waals surface area contributed by atoms with E-state index in [0.29, 0.717) is 30.2 Å². The van der Waals surface area contributed by atoms with E-state index in [-0.39, 0.29) is 5.91 Å². The van der Waals surface area contributed by atoms with Crippen LogP contribution in [0.3, 0.4) is 0 Å². The molecule has 0 aromatic heterocycles. The number of nitrogens with one attached hydrogen (secondary N) is 1. The van der Waals surface area contributed by atoms with E-state index in [1.165, 1.54) is 0 Å². The molecule has 21 heavy (non-hydrogen) atoms. The normalized spacial score (nSPS) is 13.7. The number of ether oxygens (including phenoxy) is 2. The van der Waals surface area contributed by atoms with Crippen LogP contribution in [-0.4, -0.2) is 26.2 Å². The van der Waals surface area contributed by atoms with Crippen molar-refractivity contribution in [2.24, 2.45) is 0 Å². The Hall–Kier alpha value is -2.49. The second-order valence-corrected chi connectivity index (χ2v) is 4.97. The van der Waals surface area contributed by atoms with Gasteiger partial charge in [-0.15, -0.1) is 0 Å². The van der Waals surface area contributed by atoms with Gasteiger partial charge in [-0.25, -0.2) is 0 Å². The summed E-state index contributed by atoms with van der Waals surface area (Å²) >= 11 is 0. The quantitative estimate of drug-likeness (QED) is 0.922. The summed E-state index contributed by atoms with van der Waals surface area (Å²) in [4.78, 5) is 12.2. The van der Waals surface area contributed by atoms with Crippen LogP contribution in [0.1, 0.15) is 15.9 Å². The van der Waals surface area contributed by atoms with Crippen LogP contribution in [0.15, 0.2) is 36.4 Å². The first-order valence-electron chi connectivity index (χ1n) is 6.89. The number of aryl methyl sites for hydroxylation is 1. The number of hydrogen-bond acceptors (Lipinski definition) is 3. The molecule has 2 aromatic rings. The molecule has 1 aliphatic rings. The average Bonchev–Trinajstić information content (AvgIpc) is 2.69. The maximum absolute atomic E-state index is 12.2. The number of carbonyl (C=O) groups is 1. The van der Waals surface area contributed by atoms with Gasteiger partial charge in [0.05, 0.1) is 19.2 Å². The molecule has 4 nitrogen and oxygen atoms in total. The third-order valence-electron chi connectivity index (χ3n) is 3.61. The van der Waals surface area contributed by atoms with Gasteiger partial charge < -0.3 is 14.8 Å². The Morgan fingerprint density at radius 1 is 1.19 bits per heavy atom. The molecule has 3 rings (SSSR count). The predicted molar refractivity (Wildman–Crippen MR) is 81.0 cm³/mol. The second kappa shape index (κ2) is 5.48. The maximum Gasteiger partial charge on any atom is 0.255 e. The molecule has 0 saturated carbocycles. The van der Waals surface area contributed by atoms with Gasteiger partial charge in [0.25, 0.3) is 5.91 Å². The van der Waals surface area contributed by atoms with E-state index in [0.717, 1.165) is 16.7 Å². The van der Waals surface area contributed by atoms with E-state index in [1.807, 2.05) is 43.3 Å². The van der Waals surface area contributed by atoms with Gasteiger partial charge >= 0.3 is 0 Å². The molecule has 0 fully saturated rings. The Labute approximate surface area is 123 Å². The highest BCUT2D eigenvalue weighted by Crippen LogP contribution is 2.38. The third-order valence-corrected chi connectivity index (χ3v) is 3.61. The highest BCUT2D eigenvalue weighted by atomic mass is 16.5. The van der Waals surface area contributed by atoms with Crippen LogP contribution in [0, 0.1) is 6.92 Å². The highest BCUT2D eigenvalue weighted by molar-refractivity contribution is 5.99. The van der Waals surface area contributed by atoms with Gasteiger partial charge in [-0.2, -0.15) is 0 Å². The average molecular weight is 283 g/mol. The zero-order valence-corrected chi connectivity index (χ0v) is 12.1. The summed E-state index contributed by atoms with van der Waals surface area (Å²) < 4.78 is 11.1. The van der Waals surface area contributed by atoms with Crippen molar-refractivity contribution in [3.63, 3.8) is 0 Å². The number of fused-ring (bicyclic) bond motifs is 1. The van der Waals surface area contributed by atoms with Crippen molar-refractivity contribution in [1.82, 2.24) is 5.32 Å². The maximum atomic E-state index is 12.2. The Kier molecular flexibility index (Phi) is 3.52. The Morgan fingerprint density at radius 3 is 2.76 bits per heavy atom. The lowest BCUT2D eigenvalue weighted by atomic mass is 9.97. The summed E-state index contributed by atoms with van der Waals surface area (Å²) in [6.45, 7) is 2.99. The molecule has 0 aliphatic carbocycles. The number of carbonyl (C=O) groups excluding carboxylic acids is 1. The minimum absolute atomic E-state index is 0.128. The lowest BCUT2D eigenvalue weighted by Crippen LogP contribution is -2.24. The van der Waals surface area contributed by atoms with Gasteiger partial charge in [-0.1, -0.05) is 24.3 Å². The van der Waals surface area contributed by atoms with Crippen LogP contribution < -0.4 is 14.8 Å². The molecule has 0 atom stereocenters. The number of methoxy groups -OCH3 is 1. The summed E-state index contributed by atoms with van der Waals surface area (Å²) in [5.41, 5.74) is 3.69. The smallest absolute Gasteiger partial charge is 0.255 e. The summed E-state index contributed by atoms with van der Waals surface area (Å²) in [5.74, 6) is 0.976. The zero-order valence-electron chi connectivity index (χ0n) is 12.1. The van der Waals surface area contributed by atoms with E-state index in [9.17, 15) is 4.79 Å². The molecule has 0 saturated heterocycles. The van der Waals surface area contributed by atoms with Crippen molar-refractivity contribution in [3.8, 4) is 22.6 Å². The molecule has 1 aliphatic heterocycles. The van der Waals surface area contributed by atoms with Crippen molar-refractivity contribution < 1.29 is 14.3 Å². The second-order valence-electron chi connectivity index (χ2n) is 4.97. The third kappa shape index (κ3) is 2.44. The van der Waals surface area contributed by atoms with Gasteiger partial charge in [0, 0.05) is 0 Å². The molecule has 1 N–H and O–H groups in total. The Balaban J connectivity index is 2.20. The van der Waals surface area contributed by atoms with Crippen molar-refractivity contribution in [2.75, 3.05) is 20.3 Å².